The van der Waals surface area contributed by atoms with Crippen LogP contribution in [0, 0.1) is 20.8 Å². The normalized spacial score (nSPS) is 13.7. The number of sulfone groups is 1. The minimum absolute atomic E-state index is 0.0269. The van der Waals surface area contributed by atoms with Crippen LogP contribution in [0.15, 0.2) is 41.3 Å². The van der Waals surface area contributed by atoms with Gasteiger partial charge in [-0.15, -0.1) is 0 Å². The van der Waals surface area contributed by atoms with Crippen LogP contribution in [0.5, 0.6) is 11.5 Å². The van der Waals surface area contributed by atoms with E-state index in [1.165, 1.54) is 17.6 Å². The third-order valence-corrected chi connectivity index (χ3v) is 6.33. The van der Waals surface area contributed by atoms with Crippen LogP contribution in [0.4, 0.5) is 0 Å². The van der Waals surface area contributed by atoms with E-state index < -0.39 is 27.1 Å². The lowest BCUT2D eigenvalue weighted by atomic mass is 10.1. The summed E-state index contributed by atoms with van der Waals surface area (Å²) in [6.45, 7) is 6.58. The zero-order chi connectivity index (χ0) is 20.4. The third kappa shape index (κ3) is 4.85. The zero-order valence-electron chi connectivity index (χ0n) is 15.6. The molecular weight excluding hydrogens is 370 g/mol. The first-order valence-corrected chi connectivity index (χ1v) is 9.87. The van der Waals surface area contributed by atoms with E-state index in [9.17, 15) is 18.3 Å². The van der Waals surface area contributed by atoms with Gasteiger partial charge in [-0.3, -0.25) is 10.0 Å². The smallest absolute Gasteiger partial charge is 0.276 e. The summed E-state index contributed by atoms with van der Waals surface area (Å²) < 4.78 is 30.9. The number of hydrogen-bond donors (Lipinski definition) is 3. The number of aliphatic hydroxyl groups is 1. The highest BCUT2D eigenvalue weighted by Gasteiger charge is 2.37. The monoisotopic (exact) mass is 393 g/mol. The highest BCUT2D eigenvalue weighted by atomic mass is 32.2. The van der Waals surface area contributed by atoms with Crippen LogP contribution >= 0.6 is 0 Å². The average Bonchev–Trinajstić information content (AvgIpc) is 2.56. The highest BCUT2D eigenvalue weighted by Crippen LogP contribution is 2.28. The number of rotatable bonds is 6. The second-order valence-corrected chi connectivity index (χ2v) is 8.71. The van der Waals surface area contributed by atoms with Gasteiger partial charge in [-0.25, -0.2) is 13.9 Å². The molecule has 2 aromatic rings. The van der Waals surface area contributed by atoms with Crippen LogP contribution in [-0.4, -0.2) is 36.0 Å². The third-order valence-electron chi connectivity index (χ3n) is 4.26. The molecule has 1 unspecified atom stereocenters. The Bertz CT molecular complexity index is 966. The van der Waals surface area contributed by atoms with Crippen molar-refractivity contribution in [1.82, 2.24) is 5.48 Å². The molecule has 1 amide bonds. The Balaban J connectivity index is 2.27. The number of hydrogen-bond acceptors (Lipinski definition) is 6. The molecule has 0 aromatic heterocycles. The average molecular weight is 393 g/mol. The Morgan fingerprint density at radius 1 is 1.04 bits per heavy atom. The maximum absolute atomic E-state index is 12.6. The van der Waals surface area contributed by atoms with Crippen molar-refractivity contribution in [1.29, 1.82) is 0 Å². The first-order valence-electron chi connectivity index (χ1n) is 8.22. The van der Waals surface area contributed by atoms with Gasteiger partial charge in [0.25, 0.3) is 5.91 Å². The molecule has 0 bridgehead atoms. The Kier molecular flexibility index (Phi) is 5.94. The van der Waals surface area contributed by atoms with Crippen LogP contribution in [0.3, 0.4) is 0 Å². The highest BCUT2D eigenvalue weighted by molar-refractivity contribution is 7.91. The Labute approximate surface area is 158 Å². The summed E-state index contributed by atoms with van der Waals surface area (Å²) in [5.41, 5.74) is 1.62. The maximum atomic E-state index is 12.6. The van der Waals surface area contributed by atoms with Crippen molar-refractivity contribution in [3.8, 4) is 11.5 Å². The predicted octanol–water partition coefficient (Wildman–Crippen LogP) is 2.43. The summed E-state index contributed by atoms with van der Waals surface area (Å²) in [5, 5.41) is 18.6. The summed E-state index contributed by atoms with van der Waals surface area (Å²) in [6.07, 6.45) is 0. The molecule has 146 valence electrons. The number of nitrogens with one attached hydrogen (secondary N) is 1. The summed E-state index contributed by atoms with van der Waals surface area (Å²) in [4.78, 5) is 11.4. The van der Waals surface area contributed by atoms with Crippen molar-refractivity contribution in [3.05, 3.63) is 53.1 Å². The number of ether oxygens (including phenoxy) is 1. The topological polar surface area (TPSA) is 113 Å². The van der Waals surface area contributed by atoms with Crippen molar-refractivity contribution in [2.45, 2.75) is 38.2 Å². The molecule has 0 saturated heterocycles. The van der Waals surface area contributed by atoms with Gasteiger partial charge in [-0.2, -0.15) is 0 Å². The van der Waals surface area contributed by atoms with E-state index in [0.29, 0.717) is 17.1 Å². The quantitative estimate of drug-likeness (QED) is 0.513. The van der Waals surface area contributed by atoms with E-state index in [1.807, 2.05) is 32.0 Å². The minimum atomic E-state index is -3.98. The molecule has 0 fully saturated rings. The zero-order valence-corrected chi connectivity index (χ0v) is 16.4. The number of hydroxylamine groups is 1. The van der Waals surface area contributed by atoms with Crippen LogP contribution in [0.1, 0.15) is 23.6 Å². The standard InChI is InChI=1S/C19H23NO6S/c1-12-5-6-15(9-13(12)2)26-16-7-8-17(14(3)10-16)27(24,25)11-19(4,22)18(21)20-23/h5-10,22-23H,11H2,1-4H3,(H,20,21). The molecule has 0 heterocycles. The molecular formula is C19H23NO6S. The summed E-state index contributed by atoms with van der Waals surface area (Å²) in [7, 11) is -3.98. The van der Waals surface area contributed by atoms with E-state index in [2.05, 4.69) is 0 Å². The molecule has 0 aliphatic rings. The lowest BCUT2D eigenvalue weighted by Crippen LogP contribution is -2.48. The van der Waals surface area contributed by atoms with Crippen LogP contribution < -0.4 is 10.2 Å². The molecule has 1 atom stereocenters. The van der Waals surface area contributed by atoms with Gasteiger partial charge in [-0.05, 0) is 74.7 Å². The van der Waals surface area contributed by atoms with Gasteiger partial charge in [0.1, 0.15) is 11.5 Å². The molecule has 0 saturated carbocycles. The Morgan fingerprint density at radius 3 is 2.11 bits per heavy atom. The fourth-order valence-electron chi connectivity index (χ4n) is 2.58. The van der Waals surface area contributed by atoms with Gasteiger partial charge in [0.2, 0.25) is 0 Å². The van der Waals surface area contributed by atoms with E-state index in [0.717, 1.165) is 18.1 Å². The molecule has 0 radical (unpaired) electrons. The van der Waals surface area contributed by atoms with Crippen LogP contribution in [0.2, 0.25) is 0 Å². The van der Waals surface area contributed by atoms with Crippen molar-refractivity contribution >= 4 is 15.7 Å². The van der Waals surface area contributed by atoms with E-state index >= 15 is 0 Å². The van der Waals surface area contributed by atoms with Crippen molar-refractivity contribution < 1.29 is 28.3 Å². The van der Waals surface area contributed by atoms with E-state index in [1.54, 1.807) is 13.0 Å². The summed E-state index contributed by atoms with van der Waals surface area (Å²) in [6, 6.07) is 10.1. The van der Waals surface area contributed by atoms with Gasteiger partial charge in [0.05, 0.1) is 10.6 Å². The molecule has 8 heteroatoms. The van der Waals surface area contributed by atoms with Crippen LogP contribution in [0.25, 0.3) is 0 Å². The molecule has 3 N–H and O–H groups in total. The van der Waals surface area contributed by atoms with Crippen molar-refractivity contribution in [3.63, 3.8) is 0 Å². The first kappa shape index (κ1) is 20.9. The van der Waals surface area contributed by atoms with Crippen molar-refractivity contribution in [2.75, 3.05) is 5.75 Å². The molecule has 27 heavy (non-hydrogen) atoms. The van der Waals surface area contributed by atoms with Gasteiger partial charge in [0.15, 0.2) is 15.4 Å². The van der Waals surface area contributed by atoms with Gasteiger partial charge in [-0.1, -0.05) is 6.07 Å². The second kappa shape index (κ2) is 7.67. The number of amides is 1. The number of aryl methyl sites for hydroxylation is 3. The lowest BCUT2D eigenvalue weighted by Gasteiger charge is -2.21. The molecule has 0 spiro atoms. The van der Waals surface area contributed by atoms with Crippen LogP contribution in [-0.2, 0) is 14.6 Å². The molecule has 2 rings (SSSR count). The maximum Gasteiger partial charge on any atom is 0.276 e. The summed E-state index contributed by atoms with van der Waals surface area (Å²) >= 11 is 0. The lowest BCUT2D eigenvalue weighted by molar-refractivity contribution is -0.144. The first-order chi connectivity index (χ1) is 12.5. The number of carbonyl (C=O) groups is 1. The Hall–Kier alpha value is -2.42. The fraction of sp³-hybridized carbons (Fsp3) is 0.316. The fourth-order valence-corrected chi connectivity index (χ4v) is 4.43. The van der Waals surface area contributed by atoms with Crippen molar-refractivity contribution in [2.24, 2.45) is 0 Å². The Morgan fingerprint density at radius 2 is 1.59 bits per heavy atom. The van der Waals surface area contributed by atoms with Gasteiger partial charge < -0.3 is 9.84 Å². The SMILES string of the molecule is Cc1ccc(Oc2ccc(S(=O)(=O)CC(C)(O)C(=O)NO)c(C)c2)cc1C. The predicted molar refractivity (Wildman–Crippen MR) is 99.8 cm³/mol. The van der Waals surface area contributed by atoms with E-state index in [4.69, 9.17) is 9.94 Å². The van der Waals surface area contributed by atoms with Gasteiger partial charge in [0, 0.05) is 0 Å². The molecule has 0 aliphatic carbocycles. The summed E-state index contributed by atoms with van der Waals surface area (Å²) in [5.74, 6) is -0.964. The number of carbonyl (C=O) groups excluding carboxylic acids is 1. The second-order valence-electron chi connectivity index (χ2n) is 6.75. The van der Waals surface area contributed by atoms with Gasteiger partial charge >= 0.3 is 0 Å². The van der Waals surface area contributed by atoms with E-state index in [-0.39, 0.29) is 4.90 Å². The molecule has 0 aliphatic heterocycles. The molecule has 2 aromatic carbocycles. The minimum Gasteiger partial charge on any atom is -0.457 e. The number of benzene rings is 2. The largest absolute Gasteiger partial charge is 0.457 e. The molecule has 7 nitrogen and oxygen atoms in total.